The Morgan fingerprint density at radius 3 is 2.75 bits per heavy atom. The lowest BCUT2D eigenvalue weighted by Gasteiger charge is -2.11. The predicted octanol–water partition coefficient (Wildman–Crippen LogP) is 1.75. The SMILES string of the molecule is Cc1cc(Br)ccc1C(O)CN. The topological polar surface area (TPSA) is 46.2 Å². The first-order valence-electron chi connectivity index (χ1n) is 3.79. The fraction of sp³-hybridized carbons (Fsp3) is 0.333. The number of rotatable bonds is 2. The summed E-state index contributed by atoms with van der Waals surface area (Å²) in [5, 5.41) is 9.46. The summed E-state index contributed by atoms with van der Waals surface area (Å²) in [5.41, 5.74) is 7.31. The second kappa shape index (κ2) is 4.03. The van der Waals surface area contributed by atoms with Gasteiger partial charge in [0.2, 0.25) is 0 Å². The summed E-state index contributed by atoms with van der Waals surface area (Å²) >= 11 is 3.35. The van der Waals surface area contributed by atoms with Crippen molar-refractivity contribution in [2.75, 3.05) is 6.54 Å². The highest BCUT2D eigenvalue weighted by Gasteiger charge is 2.07. The second-order valence-electron chi connectivity index (χ2n) is 2.75. The van der Waals surface area contributed by atoms with Crippen LogP contribution in [0.4, 0.5) is 0 Å². The fourth-order valence-corrected chi connectivity index (χ4v) is 1.62. The van der Waals surface area contributed by atoms with Crippen molar-refractivity contribution in [3.63, 3.8) is 0 Å². The molecule has 1 aromatic rings. The first-order valence-corrected chi connectivity index (χ1v) is 4.58. The number of halogens is 1. The van der Waals surface area contributed by atoms with Crippen LogP contribution in [0.15, 0.2) is 22.7 Å². The first kappa shape index (κ1) is 9.71. The maximum absolute atomic E-state index is 9.46. The van der Waals surface area contributed by atoms with E-state index in [2.05, 4.69) is 15.9 Å². The highest BCUT2D eigenvalue weighted by molar-refractivity contribution is 9.10. The lowest BCUT2D eigenvalue weighted by molar-refractivity contribution is 0.186. The molecule has 0 spiro atoms. The molecule has 1 rings (SSSR count). The highest BCUT2D eigenvalue weighted by atomic mass is 79.9. The Kier molecular flexibility index (Phi) is 3.26. The van der Waals surface area contributed by atoms with Crippen molar-refractivity contribution in [2.24, 2.45) is 5.73 Å². The van der Waals surface area contributed by atoms with Crippen molar-refractivity contribution in [1.29, 1.82) is 0 Å². The van der Waals surface area contributed by atoms with Gasteiger partial charge in [0.1, 0.15) is 0 Å². The Hall–Kier alpha value is -0.380. The minimum absolute atomic E-state index is 0.266. The molecule has 0 saturated carbocycles. The minimum atomic E-state index is -0.543. The van der Waals surface area contributed by atoms with Crippen LogP contribution in [0.2, 0.25) is 0 Å². The van der Waals surface area contributed by atoms with Crippen LogP contribution in [0, 0.1) is 6.92 Å². The van der Waals surface area contributed by atoms with E-state index in [1.165, 1.54) is 0 Å². The molecular formula is C9H12BrNO. The van der Waals surface area contributed by atoms with Gasteiger partial charge in [-0.2, -0.15) is 0 Å². The Bertz CT molecular complexity index is 275. The summed E-state index contributed by atoms with van der Waals surface area (Å²) in [5.74, 6) is 0. The standard InChI is InChI=1S/C9H12BrNO/c1-6-4-7(10)2-3-8(6)9(12)5-11/h2-4,9,12H,5,11H2,1H3. The average molecular weight is 230 g/mol. The van der Waals surface area contributed by atoms with E-state index in [1.54, 1.807) is 0 Å². The number of hydrogen-bond donors (Lipinski definition) is 2. The van der Waals surface area contributed by atoms with E-state index in [1.807, 2.05) is 25.1 Å². The number of aliphatic hydroxyl groups excluding tert-OH is 1. The van der Waals surface area contributed by atoms with Gasteiger partial charge in [-0.05, 0) is 30.2 Å². The molecule has 3 heteroatoms. The quantitative estimate of drug-likeness (QED) is 0.812. The Labute approximate surface area is 80.5 Å². The van der Waals surface area contributed by atoms with Crippen molar-refractivity contribution in [3.8, 4) is 0 Å². The van der Waals surface area contributed by atoms with Crippen molar-refractivity contribution in [3.05, 3.63) is 33.8 Å². The van der Waals surface area contributed by atoms with Gasteiger partial charge in [0.05, 0.1) is 6.10 Å². The van der Waals surface area contributed by atoms with Gasteiger partial charge in [0.25, 0.3) is 0 Å². The van der Waals surface area contributed by atoms with Gasteiger partial charge in [-0.3, -0.25) is 0 Å². The van der Waals surface area contributed by atoms with Gasteiger partial charge in [-0.15, -0.1) is 0 Å². The predicted molar refractivity (Wildman–Crippen MR) is 52.9 cm³/mol. The van der Waals surface area contributed by atoms with Gasteiger partial charge < -0.3 is 10.8 Å². The van der Waals surface area contributed by atoms with Crippen LogP contribution in [0.3, 0.4) is 0 Å². The molecule has 3 N–H and O–H groups in total. The molecule has 0 aliphatic rings. The number of benzene rings is 1. The zero-order chi connectivity index (χ0) is 9.14. The van der Waals surface area contributed by atoms with Crippen molar-refractivity contribution >= 4 is 15.9 Å². The Morgan fingerprint density at radius 1 is 1.58 bits per heavy atom. The molecule has 0 bridgehead atoms. The van der Waals surface area contributed by atoms with Crippen LogP contribution in [0.1, 0.15) is 17.2 Å². The minimum Gasteiger partial charge on any atom is -0.387 e. The van der Waals surface area contributed by atoms with Crippen LogP contribution >= 0.6 is 15.9 Å². The molecule has 1 unspecified atom stereocenters. The van der Waals surface area contributed by atoms with E-state index in [0.717, 1.165) is 15.6 Å². The molecular weight excluding hydrogens is 218 g/mol. The van der Waals surface area contributed by atoms with Crippen LogP contribution in [-0.4, -0.2) is 11.7 Å². The Balaban J connectivity index is 3.01. The normalized spacial score (nSPS) is 13.0. The molecule has 1 aromatic carbocycles. The first-order chi connectivity index (χ1) is 5.65. The highest BCUT2D eigenvalue weighted by Crippen LogP contribution is 2.20. The van der Waals surface area contributed by atoms with Crippen molar-refractivity contribution in [1.82, 2.24) is 0 Å². The monoisotopic (exact) mass is 229 g/mol. The molecule has 0 radical (unpaired) electrons. The summed E-state index contributed by atoms with van der Waals surface area (Å²) in [7, 11) is 0. The summed E-state index contributed by atoms with van der Waals surface area (Å²) in [6.07, 6.45) is -0.543. The summed E-state index contributed by atoms with van der Waals surface area (Å²) in [6, 6.07) is 5.76. The molecule has 0 aliphatic heterocycles. The molecule has 0 aliphatic carbocycles. The van der Waals surface area contributed by atoms with Crippen LogP contribution in [-0.2, 0) is 0 Å². The summed E-state index contributed by atoms with van der Waals surface area (Å²) < 4.78 is 1.02. The van der Waals surface area contributed by atoms with Crippen molar-refractivity contribution in [2.45, 2.75) is 13.0 Å². The molecule has 1 atom stereocenters. The van der Waals surface area contributed by atoms with Gasteiger partial charge in [-0.1, -0.05) is 22.0 Å². The zero-order valence-corrected chi connectivity index (χ0v) is 8.51. The number of hydrogen-bond acceptors (Lipinski definition) is 2. The molecule has 0 amide bonds. The van der Waals surface area contributed by atoms with Gasteiger partial charge in [0.15, 0.2) is 0 Å². The maximum atomic E-state index is 9.46. The smallest absolute Gasteiger partial charge is 0.0914 e. The van der Waals surface area contributed by atoms with E-state index in [-0.39, 0.29) is 6.54 Å². The van der Waals surface area contributed by atoms with Crippen LogP contribution < -0.4 is 5.73 Å². The van der Waals surface area contributed by atoms with E-state index < -0.39 is 6.10 Å². The molecule has 0 saturated heterocycles. The van der Waals surface area contributed by atoms with E-state index in [9.17, 15) is 5.11 Å². The van der Waals surface area contributed by atoms with E-state index in [0.29, 0.717) is 0 Å². The molecule has 2 nitrogen and oxygen atoms in total. The lowest BCUT2D eigenvalue weighted by atomic mass is 10.0. The lowest BCUT2D eigenvalue weighted by Crippen LogP contribution is -2.12. The Morgan fingerprint density at radius 2 is 2.25 bits per heavy atom. The van der Waals surface area contributed by atoms with E-state index in [4.69, 9.17) is 5.73 Å². The summed E-state index contributed by atoms with van der Waals surface area (Å²) in [4.78, 5) is 0. The second-order valence-corrected chi connectivity index (χ2v) is 3.67. The molecule has 0 fully saturated rings. The number of aliphatic hydroxyl groups is 1. The fourth-order valence-electron chi connectivity index (χ4n) is 1.14. The number of aryl methyl sites for hydroxylation is 1. The largest absolute Gasteiger partial charge is 0.387 e. The zero-order valence-electron chi connectivity index (χ0n) is 6.92. The third-order valence-electron chi connectivity index (χ3n) is 1.81. The van der Waals surface area contributed by atoms with Crippen LogP contribution in [0.25, 0.3) is 0 Å². The third kappa shape index (κ3) is 2.06. The van der Waals surface area contributed by atoms with E-state index >= 15 is 0 Å². The molecule has 0 heterocycles. The average Bonchev–Trinajstić information content (AvgIpc) is 2.03. The van der Waals surface area contributed by atoms with Gasteiger partial charge in [-0.25, -0.2) is 0 Å². The van der Waals surface area contributed by atoms with Gasteiger partial charge >= 0.3 is 0 Å². The van der Waals surface area contributed by atoms with Crippen LogP contribution in [0.5, 0.6) is 0 Å². The third-order valence-corrected chi connectivity index (χ3v) is 2.31. The summed E-state index contributed by atoms with van der Waals surface area (Å²) in [6.45, 7) is 2.22. The molecule has 66 valence electrons. The van der Waals surface area contributed by atoms with Crippen molar-refractivity contribution < 1.29 is 5.11 Å². The number of nitrogens with two attached hydrogens (primary N) is 1. The molecule has 12 heavy (non-hydrogen) atoms. The van der Waals surface area contributed by atoms with Gasteiger partial charge in [0, 0.05) is 11.0 Å². The maximum Gasteiger partial charge on any atom is 0.0914 e. The molecule has 0 aromatic heterocycles.